The van der Waals surface area contributed by atoms with Crippen molar-refractivity contribution in [1.82, 2.24) is 9.80 Å². The molecule has 2 aromatic rings. The highest BCUT2D eigenvalue weighted by molar-refractivity contribution is 5.82. The van der Waals surface area contributed by atoms with Crippen LogP contribution >= 0.6 is 0 Å². The first-order valence-electron chi connectivity index (χ1n) is 8.34. The van der Waals surface area contributed by atoms with Crippen molar-refractivity contribution in [2.75, 3.05) is 32.7 Å². The molecule has 0 bridgehead atoms. The van der Waals surface area contributed by atoms with E-state index in [2.05, 4.69) is 40.1 Å². The normalized spacial score (nSPS) is 16.3. The molecule has 1 aliphatic rings. The molecule has 0 radical (unpaired) electrons. The Morgan fingerprint density at radius 2 is 1.26 bits per heavy atom. The molecule has 0 amide bonds. The molecule has 0 saturated carbocycles. The van der Waals surface area contributed by atoms with E-state index in [1.54, 1.807) is 0 Å². The first-order valence-corrected chi connectivity index (χ1v) is 8.34. The van der Waals surface area contributed by atoms with Crippen molar-refractivity contribution >= 4 is 5.78 Å². The minimum Gasteiger partial charge on any atom is -0.298 e. The standard InChI is InChI=1S/C20H24N2O/c23-20(15-18-7-3-1-4-8-18)17-22-13-11-21(12-14-22)16-19-9-5-2-6-10-19/h1-10H,11-17H2. The molecule has 3 nitrogen and oxygen atoms in total. The number of hydrogen-bond acceptors (Lipinski definition) is 3. The van der Waals surface area contributed by atoms with Gasteiger partial charge in [0, 0.05) is 39.1 Å². The lowest BCUT2D eigenvalue weighted by atomic mass is 10.1. The summed E-state index contributed by atoms with van der Waals surface area (Å²) in [5.74, 6) is 0.313. The van der Waals surface area contributed by atoms with Crippen LogP contribution < -0.4 is 0 Å². The van der Waals surface area contributed by atoms with Crippen LogP contribution in [0.25, 0.3) is 0 Å². The number of ketones is 1. The van der Waals surface area contributed by atoms with Crippen LogP contribution in [0, 0.1) is 0 Å². The number of carbonyl (C=O) groups is 1. The topological polar surface area (TPSA) is 23.6 Å². The minimum atomic E-state index is 0.313. The Labute approximate surface area is 138 Å². The second-order valence-electron chi connectivity index (χ2n) is 6.24. The fraction of sp³-hybridized carbons (Fsp3) is 0.350. The second-order valence-corrected chi connectivity index (χ2v) is 6.24. The maximum atomic E-state index is 12.2. The van der Waals surface area contributed by atoms with E-state index in [0.29, 0.717) is 18.7 Å². The predicted molar refractivity (Wildman–Crippen MR) is 93.3 cm³/mol. The summed E-state index contributed by atoms with van der Waals surface area (Å²) in [6.07, 6.45) is 0.547. The van der Waals surface area contributed by atoms with Gasteiger partial charge >= 0.3 is 0 Å². The van der Waals surface area contributed by atoms with Crippen LogP contribution in [-0.4, -0.2) is 48.3 Å². The van der Waals surface area contributed by atoms with Gasteiger partial charge in [-0.2, -0.15) is 0 Å². The monoisotopic (exact) mass is 308 g/mol. The highest BCUT2D eigenvalue weighted by Gasteiger charge is 2.18. The van der Waals surface area contributed by atoms with Crippen LogP contribution in [0.5, 0.6) is 0 Å². The molecular formula is C20H24N2O. The van der Waals surface area contributed by atoms with Crippen molar-refractivity contribution in [2.24, 2.45) is 0 Å². The number of nitrogens with zero attached hydrogens (tertiary/aromatic N) is 2. The van der Waals surface area contributed by atoms with E-state index in [4.69, 9.17) is 0 Å². The molecule has 120 valence electrons. The predicted octanol–water partition coefficient (Wildman–Crippen LogP) is 2.62. The van der Waals surface area contributed by atoms with Gasteiger partial charge in [-0.15, -0.1) is 0 Å². The molecule has 3 heteroatoms. The zero-order valence-electron chi connectivity index (χ0n) is 13.5. The van der Waals surface area contributed by atoms with Crippen LogP contribution in [-0.2, 0) is 17.8 Å². The first-order chi connectivity index (χ1) is 11.3. The maximum absolute atomic E-state index is 12.2. The van der Waals surface area contributed by atoms with Crippen molar-refractivity contribution in [1.29, 1.82) is 0 Å². The van der Waals surface area contributed by atoms with Gasteiger partial charge in [-0.1, -0.05) is 60.7 Å². The third-order valence-electron chi connectivity index (χ3n) is 4.36. The average molecular weight is 308 g/mol. The molecule has 0 atom stereocenters. The SMILES string of the molecule is O=C(Cc1ccccc1)CN1CCN(Cc2ccccc2)CC1. The molecule has 0 unspecified atom stereocenters. The molecule has 1 aliphatic heterocycles. The quantitative estimate of drug-likeness (QED) is 0.819. The summed E-state index contributed by atoms with van der Waals surface area (Å²) in [5, 5.41) is 0. The van der Waals surface area contributed by atoms with Crippen molar-refractivity contribution in [2.45, 2.75) is 13.0 Å². The number of carbonyl (C=O) groups excluding carboxylic acids is 1. The summed E-state index contributed by atoms with van der Waals surface area (Å²) in [7, 11) is 0. The Hall–Kier alpha value is -1.97. The van der Waals surface area contributed by atoms with Crippen molar-refractivity contribution in [3.63, 3.8) is 0 Å². The van der Waals surface area contributed by atoms with Crippen LogP contribution in [0.2, 0.25) is 0 Å². The average Bonchev–Trinajstić information content (AvgIpc) is 2.58. The Bertz CT molecular complexity index is 604. The lowest BCUT2D eigenvalue weighted by Crippen LogP contribution is -2.47. The van der Waals surface area contributed by atoms with E-state index in [1.165, 1.54) is 5.56 Å². The third kappa shape index (κ3) is 5.02. The molecule has 0 aliphatic carbocycles. The maximum Gasteiger partial charge on any atom is 0.151 e. The molecule has 1 fully saturated rings. The lowest BCUT2D eigenvalue weighted by Gasteiger charge is -2.34. The molecule has 0 spiro atoms. The summed E-state index contributed by atoms with van der Waals surface area (Å²) < 4.78 is 0. The van der Waals surface area contributed by atoms with Crippen molar-refractivity contribution in [3.05, 3.63) is 71.8 Å². The van der Waals surface area contributed by atoms with Crippen LogP contribution in [0.4, 0.5) is 0 Å². The van der Waals surface area contributed by atoms with E-state index in [0.717, 1.165) is 38.3 Å². The van der Waals surface area contributed by atoms with Gasteiger partial charge in [0.05, 0.1) is 6.54 Å². The highest BCUT2D eigenvalue weighted by Crippen LogP contribution is 2.09. The number of piperazine rings is 1. The second kappa shape index (κ2) is 8.04. The zero-order valence-corrected chi connectivity index (χ0v) is 13.5. The number of benzene rings is 2. The molecular weight excluding hydrogens is 284 g/mol. The van der Waals surface area contributed by atoms with E-state index >= 15 is 0 Å². The molecule has 1 saturated heterocycles. The Morgan fingerprint density at radius 1 is 0.739 bits per heavy atom. The van der Waals surface area contributed by atoms with E-state index < -0.39 is 0 Å². The highest BCUT2D eigenvalue weighted by atomic mass is 16.1. The van der Waals surface area contributed by atoms with Gasteiger partial charge in [0.1, 0.15) is 0 Å². The van der Waals surface area contributed by atoms with Crippen LogP contribution in [0.15, 0.2) is 60.7 Å². The smallest absolute Gasteiger partial charge is 0.151 e. The van der Waals surface area contributed by atoms with Gasteiger partial charge < -0.3 is 0 Å². The third-order valence-corrected chi connectivity index (χ3v) is 4.36. The Morgan fingerprint density at radius 3 is 1.87 bits per heavy atom. The van der Waals surface area contributed by atoms with Gasteiger partial charge in [-0.05, 0) is 11.1 Å². The molecule has 3 rings (SSSR count). The largest absolute Gasteiger partial charge is 0.298 e. The molecule has 1 heterocycles. The molecule has 0 aromatic heterocycles. The van der Waals surface area contributed by atoms with Gasteiger partial charge in [-0.3, -0.25) is 14.6 Å². The number of Topliss-reactive ketones (excluding diaryl/α,β-unsaturated/α-hetero) is 1. The summed E-state index contributed by atoms with van der Waals surface area (Å²) in [6, 6.07) is 20.6. The van der Waals surface area contributed by atoms with Gasteiger partial charge in [0.2, 0.25) is 0 Å². The van der Waals surface area contributed by atoms with Crippen molar-refractivity contribution < 1.29 is 4.79 Å². The summed E-state index contributed by atoms with van der Waals surface area (Å²) >= 11 is 0. The van der Waals surface area contributed by atoms with E-state index in [9.17, 15) is 4.79 Å². The van der Waals surface area contributed by atoms with Gasteiger partial charge in [-0.25, -0.2) is 0 Å². The summed E-state index contributed by atoms with van der Waals surface area (Å²) in [6.45, 7) is 5.61. The Kier molecular flexibility index (Phi) is 5.56. The number of rotatable bonds is 6. The molecule has 2 aromatic carbocycles. The summed E-state index contributed by atoms with van der Waals surface area (Å²) in [5.41, 5.74) is 2.47. The molecule has 0 N–H and O–H groups in total. The Balaban J connectivity index is 1.41. The van der Waals surface area contributed by atoms with E-state index in [-0.39, 0.29) is 0 Å². The van der Waals surface area contributed by atoms with E-state index in [1.807, 2.05) is 30.3 Å². The first kappa shape index (κ1) is 15.9. The van der Waals surface area contributed by atoms with Gasteiger partial charge in [0.15, 0.2) is 5.78 Å². The van der Waals surface area contributed by atoms with Crippen LogP contribution in [0.3, 0.4) is 0 Å². The molecule has 23 heavy (non-hydrogen) atoms. The minimum absolute atomic E-state index is 0.313. The summed E-state index contributed by atoms with van der Waals surface area (Å²) in [4.78, 5) is 16.9. The van der Waals surface area contributed by atoms with Crippen molar-refractivity contribution in [3.8, 4) is 0 Å². The lowest BCUT2D eigenvalue weighted by molar-refractivity contribution is -0.120. The zero-order chi connectivity index (χ0) is 15.9. The fourth-order valence-electron chi connectivity index (χ4n) is 3.08. The fourth-order valence-corrected chi connectivity index (χ4v) is 3.08. The number of hydrogen-bond donors (Lipinski definition) is 0. The van der Waals surface area contributed by atoms with Crippen LogP contribution in [0.1, 0.15) is 11.1 Å². The van der Waals surface area contributed by atoms with Gasteiger partial charge in [0.25, 0.3) is 0 Å².